The molecule has 0 saturated heterocycles. The second-order valence-corrected chi connectivity index (χ2v) is 4.39. The molecule has 1 aromatic rings. The Morgan fingerprint density at radius 1 is 1.41 bits per heavy atom. The molecule has 1 aliphatic heterocycles. The minimum Gasteiger partial charge on any atom is -0.475 e. The van der Waals surface area contributed by atoms with Crippen molar-refractivity contribution in [2.24, 2.45) is 0 Å². The van der Waals surface area contributed by atoms with Crippen molar-refractivity contribution in [2.45, 2.75) is 19.3 Å². The fourth-order valence-electron chi connectivity index (χ4n) is 2.21. The number of benzene rings is 1. The van der Waals surface area contributed by atoms with Crippen molar-refractivity contribution < 1.29 is 14.7 Å². The number of rotatable bonds is 3. The van der Waals surface area contributed by atoms with E-state index in [2.05, 4.69) is 4.90 Å². The number of nitrogens with zero attached hydrogens (tertiary/aromatic N) is 1. The van der Waals surface area contributed by atoms with E-state index < -0.39 is 11.8 Å². The lowest BCUT2D eigenvalue weighted by atomic mass is 9.98. The molecule has 2 rings (SSSR count). The average Bonchev–Trinajstić information content (AvgIpc) is 2.29. The number of carboxylic acid groups (broad SMARTS) is 1. The van der Waals surface area contributed by atoms with Crippen LogP contribution >= 0.6 is 0 Å². The standard InChI is InChI=1S/C13H15NO3/c1-14-6-2-3-10-7-9(4-5-11(10)14)8-12(15)13(16)17/h4-5,7H,2-3,6,8H2,1H3,(H,16,17). The third-order valence-electron chi connectivity index (χ3n) is 3.10. The van der Waals surface area contributed by atoms with Crippen LogP contribution in [0.25, 0.3) is 0 Å². The molecule has 0 saturated carbocycles. The Morgan fingerprint density at radius 2 is 2.18 bits per heavy atom. The van der Waals surface area contributed by atoms with Crippen molar-refractivity contribution in [1.29, 1.82) is 0 Å². The normalized spacial score (nSPS) is 14.3. The topological polar surface area (TPSA) is 57.6 Å². The van der Waals surface area contributed by atoms with Crippen LogP contribution in [-0.4, -0.2) is 30.5 Å². The first-order chi connectivity index (χ1) is 8.08. The molecule has 4 nitrogen and oxygen atoms in total. The van der Waals surface area contributed by atoms with Gasteiger partial charge in [0.05, 0.1) is 0 Å². The predicted octanol–water partition coefficient (Wildman–Crippen LogP) is 1.27. The summed E-state index contributed by atoms with van der Waals surface area (Å²) in [6.07, 6.45) is 2.07. The predicted molar refractivity (Wildman–Crippen MR) is 64.4 cm³/mol. The summed E-state index contributed by atoms with van der Waals surface area (Å²) in [5.41, 5.74) is 3.17. The highest BCUT2D eigenvalue weighted by atomic mass is 16.4. The van der Waals surface area contributed by atoms with Gasteiger partial charge in [-0.3, -0.25) is 4.79 Å². The van der Waals surface area contributed by atoms with Crippen LogP contribution in [0.5, 0.6) is 0 Å². The van der Waals surface area contributed by atoms with Crippen molar-refractivity contribution >= 4 is 17.4 Å². The van der Waals surface area contributed by atoms with E-state index in [1.807, 2.05) is 25.2 Å². The van der Waals surface area contributed by atoms with E-state index in [4.69, 9.17) is 5.11 Å². The second kappa shape index (κ2) is 4.57. The first kappa shape index (κ1) is 11.6. The maximum Gasteiger partial charge on any atom is 0.372 e. The summed E-state index contributed by atoms with van der Waals surface area (Å²) in [5.74, 6) is -2.12. The van der Waals surface area contributed by atoms with Gasteiger partial charge in [-0.2, -0.15) is 0 Å². The summed E-state index contributed by atoms with van der Waals surface area (Å²) >= 11 is 0. The SMILES string of the molecule is CN1CCCc2cc(CC(=O)C(=O)O)ccc21. The number of hydrogen-bond donors (Lipinski definition) is 1. The molecule has 0 spiro atoms. The smallest absolute Gasteiger partial charge is 0.372 e. The molecule has 0 fully saturated rings. The number of carboxylic acids is 1. The fraction of sp³-hybridized carbons (Fsp3) is 0.385. The van der Waals surface area contributed by atoms with Crippen molar-refractivity contribution in [1.82, 2.24) is 0 Å². The summed E-state index contributed by atoms with van der Waals surface area (Å²) in [6, 6.07) is 5.76. The Hall–Kier alpha value is -1.84. The quantitative estimate of drug-likeness (QED) is 0.799. The molecule has 1 aromatic carbocycles. The Labute approximate surface area is 99.9 Å². The molecule has 1 N–H and O–H groups in total. The number of carbonyl (C=O) groups is 2. The monoisotopic (exact) mass is 233 g/mol. The van der Waals surface area contributed by atoms with Crippen LogP contribution < -0.4 is 4.90 Å². The lowest BCUT2D eigenvalue weighted by Crippen LogP contribution is -2.24. The van der Waals surface area contributed by atoms with Gasteiger partial charge in [-0.15, -0.1) is 0 Å². The number of anilines is 1. The van der Waals surface area contributed by atoms with Crippen LogP contribution in [0.15, 0.2) is 18.2 Å². The number of hydrogen-bond acceptors (Lipinski definition) is 3. The Kier molecular flexibility index (Phi) is 3.13. The second-order valence-electron chi connectivity index (χ2n) is 4.39. The number of aryl methyl sites for hydroxylation is 1. The van der Waals surface area contributed by atoms with Crippen LogP contribution in [0.1, 0.15) is 17.5 Å². The number of Topliss-reactive ketones (excluding diaryl/α,β-unsaturated/α-hetero) is 1. The number of fused-ring (bicyclic) bond motifs is 1. The molecule has 0 amide bonds. The molecule has 0 unspecified atom stereocenters. The maximum atomic E-state index is 11.1. The zero-order valence-electron chi connectivity index (χ0n) is 9.77. The summed E-state index contributed by atoms with van der Waals surface area (Å²) in [4.78, 5) is 23.8. The first-order valence-electron chi connectivity index (χ1n) is 5.67. The van der Waals surface area contributed by atoms with Crippen molar-refractivity contribution in [3.05, 3.63) is 29.3 Å². The Bertz CT molecular complexity index is 468. The Morgan fingerprint density at radius 3 is 2.88 bits per heavy atom. The minimum atomic E-state index is -1.36. The van der Waals surface area contributed by atoms with Gasteiger partial charge >= 0.3 is 5.97 Å². The number of aliphatic carboxylic acids is 1. The lowest BCUT2D eigenvalue weighted by molar-refractivity contribution is -0.148. The first-order valence-corrected chi connectivity index (χ1v) is 5.67. The van der Waals surface area contributed by atoms with Crippen LogP contribution in [0.2, 0.25) is 0 Å². The summed E-state index contributed by atoms with van der Waals surface area (Å²) < 4.78 is 0. The van der Waals surface area contributed by atoms with E-state index in [0.29, 0.717) is 0 Å². The highest BCUT2D eigenvalue weighted by molar-refractivity contribution is 6.33. The molecule has 1 heterocycles. The Balaban J connectivity index is 2.22. The molecule has 0 atom stereocenters. The van der Waals surface area contributed by atoms with Crippen LogP contribution in [0.3, 0.4) is 0 Å². The summed E-state index contributed by atoms with van der Waals surface area (Å²) in [5, 5.41) is 8.57. The van der Waals surface area contributed by atoms with Gasteiger partial charge in [-0.25, -0.2) is 4.79 Å². The number of carbonyl (C=O) groups excluding carboxylic acids is 1. The molecule has 0 radical (unpaired) electrons. The largest absolute Gasteiger partial charge is 0.475 e. The van der Waals surface area contributed by atoms with Crippen LogP contribution in [0, 0.1) is 0 Å². The molecule has 0 bridgehead atoms. The third-order valence-corrected chi connectivity index (χ3v) is 3.10. The van der Waals surface area contributed by atoms with E-state index >= 15 is 0 Å². The molecule has 4 heteroatoms. The van der Waals surface area contributed by atoms with Gasteiger partial charge in [0.1, 0.15) is 0 Å². The van der Waals surface area contributed by atoms with Gasteiger partial charge in [0.2, 0.25) is 5.78 Å². The highest BCUT2D eigenvalue weighted by Gasteiger charge is 2.16. The molecular formula is C13H15NO3. The third kappa shape index (κ3) is 2.46. The van der Waals surface area contributed by atoms with Gasteiger partial charge in [-0.1, -0.05) is 12.1 Å². The van der Waals surface area contributed by atoms with E-state index in [9.17, 15) is 9.59 Å². The molecule has 17 heavy (non-hydrogen) atoms. The molecule has 90 valence electrons. The van der Waals surface area contributed by atoms with Gasteiger partial charge in [0.15, 0.2) is 0 Å². The molecule has 1 aliphatic rings. The van der Waals surface area contributed by atoms with E-state index in [-0.39, 0.29) is 6.42 Å². The van der Waals surface area contributed by atoms with Crippen molar-refractivity contribution in [2.75, 3.05) is 18.5 Å². The molecule has 0 aliphatic carbocycles. The lowest BCUT2D eigenvalue weighted by Gasteiger charge is -2.27. The minimum absolute atomic E-state index is 0.0215. The van der Waals surface area contributed by atoms with E-state index in [1.165, 1.54) is 11.3 Å². The fourth-order valence-corrected chi connectivity index (χ4v) is 2.21. The van der Waals surface area contributed by atoms with Gasteiger partial charge in [0.25, 0.3) is 0 Å². The maximum absolute atomic E-state index is 11.1. The van der Waals surface area contributed by atoms with Gasteiger partial charge < -0.3 is 10.0 Å². The van der Waals surface area contributed by atoms with Gasteiger partial charge in [0, 0.05) is 25.7 Å². The van der Waals surface area contributed by atoms with Crippen molar-refractivity contribution in [3.63, 3.8) is 0 Å². The summed E-state index contributed by atoms with van der Waals surface area (Å²) in [6.45, 7) is 1.04. The average molecular weight is 233 g/mol. The van der Waals surface area contributed by atoms with E-state index in [1.54, 1.807) is 0 Å². The zero-order chi connectivity index (χ0) is 12.4. The van der Waals surface area contributed by atoms with E-state index in [0.717, 1.165) is 24.9 Å². The number of ketones is 1. The zero-order valence-corrected chi connectivity index (χ0v) is 9.77. The van der Waals surface area contributed by atoms with Crippen LogP contribution in [0.4, 0.5) is 5.69 Å². The summed E-state index contributed by atoms with van der Waals surface area (Å²) in [7, 11) is 2.04. The highest BCUT2D eigenvalue weighted by Crippen LogP contribution is 2.26. The van der Waals surface area contributed by atoms with Gasteiger partial charge in [-0.05, 0) is 30.0 Å². The molecule has 0 aromatic heterocycles. The molecular weight excluding hydrogens is 218 g/mol. The van der Waals surface area contributed by atoms with Crippen molar-refractivity contribution in [3.8, 4) is 0 Å². The van der Waals surface area contributed by atoms with Crippen LogP contribution in [-0.2, 0) is 22.4 Å².